The highest BCUT2D eigenvalue weighted by atomic mass is 32.1. The van der Waals surface area contributed by atoms with Gasteiger partial charge in [-0.25, -0.2) is 4.98 Å². The largest absolute Gasteiger partial charge is 0.389 e. The van der Waals surface area contributed by atoms with Gasteiger partial charge < -0.3 is 14.7 Å². The number of aromatic nitrogens is 1. The minimum absolute atomic E-state index is 0.0649. The van der Waals surface area contributed by atoms with Crippen LogP contribution in [0.3, 0.4) is 0 Å². The zero-order valence-electron chi connectivity index (χ0n) is 12.6. The lowest BCUT2D eigenvalue weighted by atomic mass is 10.2. The lowest BCUT2D eigenvalue weighted by Crippen LogP contribution is -2.50. The molecule has 6 nitrogen and oxygen atoms in total. The maximum absolute atomic E-state index is 12.3. The van der Waals surface area contributed by atoms with Crippen molar-refractivity contribution in [1.29, 1.82) is 0 Å². The molecule has 118 valence electrons. The van der Waals surface area contributed by atoms with Crippen molar-refractivity contribution in [2.24, 2.45) is 0 Å². The number of aryl methyl sites for hydroxylation is 1. The van der Waals surface area contributed by atoms with Crippen molar-refractivity contribution in [3.8, 4) is 0 Å². The standard InChI is InChI=1S/C14H23N3O3S/c1-3-20-10-12(18)9-16-4-6-17(7-5-16)14(19)13-8-15-11(2)21-13/h8,12,18H,3-7,9-10H2,1-2H3. The SMILES string of the molecule is CCOCC(O)CN1CCN(C(=O)c2cnc(C)s2)CC1. The molecule has 1 aliphatic heterocycles. The number of carbonyl (C=O) groups is 1. The number of thiazole rings is 1. The van der Waals surface area contributed by atoms with Crippen molar-refractivity contribution < 1.29 is 14.6 Å². The number of amides is 1. The van der Waals surface area contributed by atoms with Crippen molar-refractivity contribution in [2.75, 3.05) is 45.9 Å². The minimum atomic E-state index is -0.462. The fourth-order valence-corrected chi connectivity index (χ4v) is 3.10. The van der Waals surface area contributed by atoms with Gasteiger partial charge in [-0.2, -0.15) is 0 Å². The minimum Gasteiger partial charge on any atom is -0.389 e. The van der Waals surface area contributed by atoms with Crippen LogP contribution in [0.2, 0.25) is 0 Å². The van der Waals surface area contributed by atoms with Gasteiger partial charge in [0.15, 0.2) is 0 Å². The molecule has 1 N–H and O–H groups in total. The van der Waals surface area contributed by atoms with Gasteiger partial charge in [-0.15, -0.1) is 11.3 Å². The van der Waals surface area contributed by atoms with Crippen LogP contribution in [0, 0.1) is 6.92 Å². The number of nitrogens with zero attached hydrogens (tertiary/aromatic N) is 3. The van der Waals surface area contributed by atoms with Crippen LogP contribution in [-0.4, -0.2) is 77.8 Å². The van der Waals surface area contributed by atoms with E-state index in [0.29, 0.717) is 37.7 Å². The summed E-state index contributed by atoms with van der Waals surface area (Å²) in [5, 5.41) is 10.7. The molecule has 1 atom stereocenters. The van der Waals surface area contributed by atoms with Gasteiger partial charge in [0.05, 0.1) is 23.9 Å². The summed E-state index contributed by atoms with van der Waals surface area (Å²) in [5.41, 5.74) is 0. The zero-order chi connectivity index (χ0) is 15.2. The highest BCUT2D eigenvalue weighted by molar-refractivity contribution is 7.13. The van der Waals surface area contributed by atoms with Crippen LogP contribution in [0.5, 0.6) is 0 Å². The summed E-state index contributed by atoms with van der Waals surface area (Å²) in [5.74, 6) is 0.0649. The molecule has 1 aromatic rings. The summed E-state index contributed by atoms with van der Waals surface area (Å²) in [7, 11) is 0. The molecule has 0 aromatic carbocycles. The molecular weight excluding hydrogens is 290 g/mol. The fourth-order valence-electron chi connectivity index (χ4n) is 2.35. The number of β-amino-alcohol motifs (C(OH)–C–C–N with tert-alkyl or cyclic N) is 1. The highest BCUT2D eigenvalue weighted by Crippen LogP contribution is 2.15. The molecule has 1 fully saturated rings. The van der Waals surface area contributed by atoms with E-state index in [1.54, 1.807) is 6.20 Å². The van der Waals surface area contributed by atoms with Crippen LogP contribution in [0.1, 0.15) is 21.6 Å². The lowest BCUT2D eigenvalue weighted by molar-refractivity contribution is 0.0112. The Hall–Kier alpha value is -1.02. The normalized spacial score (nSPS) is 18.0. The van der Waals surface area contributed by atoms with E-state index in [-0.39, 0.29) is 5.91 Å². The van der Waals surface area contributed by atoms with Gasteiger partial charge in [0, 0.05) is 39.3 Å². The van der Waals surface area contributed by atoms with Gasteiger partial charge in [0.1, 0.15) is 4.88 Å². The monoisotopic (exact) mass is 313 g/mol. The molecule has 1 unspecified atom stereocenters. The van der Waals surface area contributed by atoms with Gasteiger partial charge in [0.25, 0.3) is 5.91 Å². The molecule has 1 aliphatic rings. The number of hydrogen-bond donors (Lipinski definition) is 1. The van der Waals surface area contributed by atoms with Crippen LogP contribution >= 0.6 is 11.3 Å². The highest BCUT2D eigenvalue weighted by Gasteiger charge is 2.24. The van der Waals surface area contributed by atoms with Crippen LogP contribution in [-0.2, 0) is 4.74 Å². The van der Waals surface area contributed by atoms with E-state index in [2.05, 4.69) is 9.88 Å². The Morgan fingerprint density at radius 3 is 2.76 bits per heavy atom. The number of ether oxygens (including phenoxy) is 1. The number of carbonyl (C=O) groups excluding carboxylic acids is 1. The Bertz CT molecular complexity index is 458. The van der Waals surface area contributed by atoms with Gasteiger partial charge >= 0.3 is 0 Å². The first kappa shape index (κ1) is 16.4. The summed E-state index contributed by atoms with van der Waals surface area (Å²) in [6, 6.07) is 0. The molecule has 0 aliphatic carbocycles. The Balaban J connectivity index is 1.76. The first-order valence-electron chi connectivity index (χ1n) is 7.30. The van der Waals surface area contributed by atoms with Crippen molar-refractivity contribution >= 4 is 17.2 Å². The first-order valence-corrected chi connectivity index (χ1v) is 8.11. The molecule has 0 spiro atoms. The Kier molecular flexibility index (Phi) is 6.10. The summed E-state index contributed by atoms with van der Waals surface area (Å²) in [6.07, 6.45) is 1.19. The molecule has 0 bridgehead atoms. The number of aliphatic hydroxyl groups is 1. The maximum Gasteiger partial charge on any atom is 0.265 e. The Morgan fingerprint density at radius 2 is 2.19 bits per heavy atom. The summed E-state index contributed by atoms with van der Waals surface area (Å²) in [4.78, 5) is 21.2. The summed E-state index contributed by atoms with van der Waals surface area (Å²) in [6.45, 7) is 8.36. The smallest absolute Gasteiger partial charge is 0.265 e. The van der Waals surface area contributed by atoms with E-state index < -0.39 is 6.10 Å². The van der Waals surface area contributed by atoms with E-state index in [4.69, 9.17) is 4.74 Å². The maximum atomic E-state index is 12.3. The van der Waals surface area contributed by atoms with E-state index in [9.17, 15) is 9.90 Å². The fraction of sp³-hybridized carbons (Fsp3) is 0.714. The third-order valence-electron chi connectivity index (χ3n) is 3.47. The quantitative estimate of drug-likeness (QED) is 0.833. The molecule has 0 radical (unpaired) electrons. The molecule has 2 rings (SSSR count). The van der Waals surface area contributed by atoms with Crippen LogP contribution in [0.4, 0.5) is 0 Å². The van der Waals surface area contributed by atoms with Gasteiger partial charge in [-0.3, -0.25) is 9.69 Å². The number of piperazine rings is 1. The predicted molar refractivity (Wildman–Crippen MR) is 81.7 cm³/mol. The predicted octanol–water partition coefficient (Wildman–Crippen LogP) is 0.607. The van der Waals surface area contributed by atoms with E-state index >= 15 is 0 Å². The van der Waals surface area contributed by atoms with Crippen molar-refractivity contribution in [3.63, 3.8) is 0 Å². The summed E-state index contributed by atoms with van der Waals surface area (Å²) < 4.78 is 5.21. The molecule has 7 heteroatoms. The van der Waals surface area contributed by atoms with E-state index in [0.717, 1.165) is 18.1 Å². The average Bonchev–Trinajstić information content (AvgIpc) is 2.92. The molecular formula is C14H23N3O3S. The zero-order valence-corrected chi connectivity index (χ0v) is 13.4. The van der Waals surface area contributed by atoms with E-state index in [1.165, 1.54) is 11.3 Å². The topological polar surface area (TPSA) is 65.9 Å². The van der Waals surface area contributed by atoms with Crippen LogP contribution in [0.25, 0.3) is 0 Å². The van der Waals surface area contributed by atoms with Crippen molar-refractivity contribution in [3.05, 3.63) is 16.1 Å². The van der Waals surface area contributed by atoms with Gasteiger partial charge in [0.2, 0.25) is 0 Å². The van der Waals surface area contributed by atoms with Crippen LogP contribution < -0.4 is 0 Å². The number of hydrogen-bond acceptors (Lipinski definition) is 6. The molecule has 1 amide bonds. The van der Waals surface area contributed by atoms with Crippen LogP contribution in [0.15, 0.2) is 6.20 Å². The molecule has 2 heterocycles. The number of rotatable bonds is 6. The molecule has 21 heavy (non-hydrogen) atoms. The second-order valence-electron chi connectivity index (χ2n) is 5.15. The Labute approximate surface area is 129 Å². The first-order chi connectivity index (χ1) is 10.1. The average molecular weight is 313 g/mol. The summed E-state index contributed by atoms with van der Waals surface area (Å²) >= 11 is 1.44. The van der Waals surface area contributed by atoms with Crippen molar-refractivity contribution in [2.45, 2.75) is 20.0 Å². The third-order valence-corrected chi connectivity index (χ3v) is 4.38. The second kappa shape index (κ2) is 7.84. The van der Waals surface area contributed by atoms with Gasteiger partial charge in [-0.1, -0.05) is 0 Å². The lowest BCUT2D eigenvalue weighted by Gasteiger charge is -2.35. The van der Waals surface area contributed by atoms with Crippen molar-refractivity contribution in [1.82, 2.24) is 14.8 Å². The third kappa shape index (κ3) is 4.74. The van der Waals surface area contributed by atoms with E-state index in [1.807, 2.05) is 18.7 Å². The molecule has 1 saturated heterocycles. The molecule has 1 aromatic heterocycles. The van der Waals surface area contributed by atoms with Gasteiger partial charge in [-0.05, 0) is 13.8 Å². The number of aliphatic hydroxyl groups excluding tert-OH is 1. The second-order valence-corrected chi connectivity index (χ2v) is 6.38. The molecule has 0 saturated carbocycles. The Morgan fingerprint density at radius 1 is 1.48 bits per heavy atom.